The van der Waals surface area contributed by atoms with E-state index in [4.69, 9.17) is 0 Å². The molecule has 1 N–H and O–H groups in total. The van der Waals surface area contributed by atoms with Crippen molar-refractivity contribution in [3.05, 3.63) is 59.2 Å². The number of unbranched alkanes of at least 4 members (excludes halogenated alkanes) is 1. The van der Waals surface area contributed by atoms with E-state index in [1.165, 1.54) is 27.8 Å². The molecule has 1 unspecified atom stereocenters. The van der Waals surface area contributed by atoms with Crippen LogP contribution in [-0.2, 0) is 12.8 Å². The average molecular weight is 310 g/mol. The highest BCUT2D eigenvalue weighted by atomic mass is 16.3. The van der Waals surface area contributed by atoms with Crippen LogP contribution in [0.1, 0.15) is 56.2 Å². The van der Waals surface area contributed by atoms with E-state index < -0.39 is 0 Å². The first kappa shape index (κ1) is 17.7. The summed E-state index contributed by atoms with van der Waals surface area (Å²) >= 11 is 0. The van der Waals surface area contributed by atoms with Gasteiger partial charge in [0.15, 0.2) is 0 Å². The van der Waals surface area contributed by atoms with Gasteiger partial charge in [0.1, 0.15) is 0 Å². The summed E-state index contributed by atoms with van der Waals surface area (Å²) in [4.78, 5) is 0. The zero-order valence-corrected chi connectivity index (χ0v) is 14.8. The Balaban J connectivity index is 2.05. The molecule has 1 nitrogen and oxygen atoms in total. The molecule has 1 atom stereocenters. The van der Waals surface area contributed by atoms with E-state index in [1.54, 1.807) is 0 Å². The largest absolute Gasteiger partial charge is 0.393 e. The minimum atomic E-state index is -0.124. The van der Waals surface area contributed by atoms with Gasteiger partial charge in [0.2, 0.25) is 0 Å². The highest BCUT2D eigenvalue weighted by Crippen LogP contribution is 2.26. The van der Waals surface area contributed by atoms with E-state index in [0.717, 1.165) is 38.5 Å². The van der Waals surface area contributed by atoms with Crippen molar-refractivity contribution in [2.24, 2.45) is 0 Å². The highest BCUT2D eigenvalue weighted by Gasteiger charge is 2.05. The lowest BCUT2D eigenvalue weighted by molar-refractivity contribution is 0.157. The van der Waals surface area contributed by atoms with Crippen LogP contribution in [0.2, 0.25) is 0 Å². The van der Waals surface area contributed by atoms with Gasteiger partial charge in [-0.2, -0.15) is 0 Å². The molecule has 0 aliphatic rings. The lowest BCUT2D eigenvalue weighted by Gasteiger charge is -2.11. The van der Waals surface area contributed by atoms with Crippen LogP contribution in [0.15, 0.2) is 42.5 Å². The van der Waals surface area contributed by atoms with Crippen LogP contribution >= 0.6 is 0 Å². The smallest absolute Gasteiger partial charge is 0.0537 e. The van der Waals surface area contributed by atoms with Crippen molar-refractivity contribution >= 4 is 0 Å². The summed E-state index contributed by atoms with van der Waals surface area (Å²) < 4.78 is 0. The molecular weight excluding hydrogens is 280 g/mol. The number of hydrogen-bond acceptors (Lipinski definition) is 1. The van der Waals surface area contributed by atoms with Gasteiger partial charge < -0.3 is 5.11 Å². The van der Waals surface area contributed by atoms with Crippen molar-refractivity contribution in [2.45, 2.75) is 65.4 Å². The summed E-state index contributed by atoms with van der Waals surface area (Å²) in [7, 11) is 0. The van der Waals surface area contributed by atoms with E-state index in [9.17, 15) is 5.11 Å². The van der Waals surface area contributed by atoms with Crippen LogP contribution in [0.25, 0.3) is 11.1 Å². The van der Waals surface area contributed by atoms with Crippen molar-refractivity contribution in [3.8, 4) is 11.1 Å². The number of aliphatic hydroxyl groups is 1. The van der Waals surface area contributed by atoms with E-state index in [0.29, 0.717) is 0 Å². The van der Waals surface area contributed by atoms with Crippen molar-refractivity contribution in [1.82, 2.24) is 0 Å². The summed E-state index contributed by atoms with van der Waals surface area (Å²) in [6.07, 6.45) is 6.08. The van der Waals surface area contributed by atoms with Crippen LogP contribution in [-0.4, -0.2) is 11.2 Å². The van der Waals surface area contributed by atoms with Crippen LogP contribution in [0, 0.1) is 6.92 Å². The topological polar surface area (TPSA) is 20.2 Å². The minimum Gasteiger partial charge on any atom is -0.393 e. The lowest BCUT2D eigenvalue weighted by Crippen LogP contribution is -2.03. The molecule has 0 aromatic heterocycles. The molecular formula is C22H30O. The summed E-state index contributed by atoms with van der Waals surface area (Å²) in [5.74, 6) is 0. The van der Waals surface area contributed by atoms with Gasteiger partial charge in [0.05, 0.1) is 6.10 Å². The van der Waals surface area contributed by atoms with Gasteiger partial charge in [-0.25, -0.2) is 0 Å². The van der Waals surface area contributed by atoms with Crippen molar-refractivity contribution in [1.29, 1.82) is 0 Å². The van der Waals surface area contributed by atoms with Crippen LogP contribution in [0.4, 0.5) is 0 Å². The van der Waals surface area contributed by atoms with Gasteiger partial charge in [-0.3, -0.25) is 0 Å². The quantitative estimate of drug-likeness (QED) is 0.619. The van der Waals surface area contributed by atoms with Crippen molar-refractivity contribution in [2.75, 3.05) is 0 Å². The fraction of sp³-hybridized carbons (Fsp3) is 0.455. The molecule has 124 valence electrons. The summed E-state index contributed by atoms with van der Waals surface area (Å²) in [6, 6.07) is 15.7. The Labute approximate surface area is 141 Å². The Morgan fingerprint density at radius 3 is 2.52 bits per heavy atom. The number of aliphatic hydroxyl groups excluding tert-OH is 1. The van der Waals surface area contributed by atoms with Gasteiger partial charge in [-0.05, 0) is 66.8 Å². The SMILES string of the molecule is CCc1ccc(C)c(-c2cccc(CCCCC(O)CC)c2)c1. The van der Waals surface area contributed by atoms with Crippen LogP contribution in [0.3, 0.4) is 0 Å². The van der Waals surface area contributed by atoms with Crippen LogP contribution in [0.5, 0.6) is 0 Å². The van der Waals surface area contributed by atoms with Crippen molar-refractivity contribution in [3.63, 3.8) is 0 Å². The fourth-order valence-corrected chi connectivity index (χ4v) is 3.01. The molecule has 2 rings (SSSR count). The Hall–Kier alpha value is -1.60. The summed E-state index contributed by atoms with van der Waals surface area (Å²) in [5, 5.41) is 9.63. The molecule has 0 heterocycles. The monoisotopic (exact) mass is 310 g/mol. The number of benzene rings is 2. The minimum absolute atomic E-state index is 0.124. The zero-order chi connectivity index (χ0) is 16.7. The third-order valence-corrected chi connectivity index (χ3v) is 4.67. The van der Waals surface area contributed by atoms with Gasteiger partial charge in [-0.1, -0.05) is 62.7 Å². The lowest BCUT2D eigenvalue weighted by atomic mass is 9.95. The fourth-order valence-electron chi connectivity index (χ4n) is 3.01. The third kappa shape index (κ3) is 5.21. The Morgan fingerprint density at radius 1 is 0.957 bits per heavy atom. The molecule has 0 bridgehead atoms. The average Bonchev–Trinajstić information content (AvgIpc) is 2.59. The Kier molecular flexibility index (Phi) is 6.85. The molecule has 0 saturated carbocycles. The normalized spacial score (nSPS) is 12.3. The molecule has 2 aromatic rings. The maximum Gasteiger partial charge on any atom is 0.0537 e. The first-order valence-corrected chi connectivity index (χ1v) is 9.01. The molecule has 23 heavy (non-hydrogen) atoms. The second-order valence-corrected chi connectivity index (χ2v) is 6.51. The first-order chi connectivity index (χ1) is 11.1. The van der Waals surface area contributed by atoms with E-state index in [-0.39, 0.29) is 6.10 Å². The van der Waals surface area contributed by atoms with E-state index in [1.807, 2.05) is 6.92 Å². The second-order valence-electron chi connectivity index (χ2n) is 6.51. The Bertz CT molecular complexity index is 615. The van der Waals surface area contributed by atoms with Gasteiger partial charge >= 0.3 is 0 Å². The molecule has 0 fully saturated rings. The van der Waals surface area contributed by atoms with Gasteiger partial charge in [-0.15, -0.1) is 0 Å². The van der Waals surface area contributed by atoms with Crippen LogP contribution < -0.4 is 0 Å². The molecule has 0 amide bonds. The maximum absolute atomic E-state index is 9.63. The van der Waals surface area contributed by atoms with E-state index >= 15 is 0 Å². The molecule has 0 aliphatic heterocycles. The Morgan fingerprint density at radius 2 is 1.78 bits per heavy atom. The second kappa shape index (κ2) is 8.88. The predicted octanol–water partition coefficient (Wildman–Crippen LogP) is 5.71. The predicted molar refractivity (Wildman–Crippen MR) is 99.8 cm³/mol. The highest BCUT2D eigenvalue weighted by molar-refractivity contribution is 5.68. The van der Waals surface area contributed by atoms with Gasteiger partial charge in [0, 0.05) is 0 Å². The molecule has 0 spiro atoms. The summed E-state index contributed by atoms with van der Waals surface area (Å²) in [5.41, 5.74) is 6.81. The standard InChI is InChI=1S/C22H30O/c1-4-18-14-13-17(3)22(16-18)20-11-8-10-19(15-20)9-6-7-12-21(23)5-2/h8,10-11,13-16,21,23H,4-7,9,12H2,1-3H3. The maximum atomic E-state index is 9.63. The first-order valence-electron chi connectivity index (χ1n) is 9.01. The molecule has 0 radical (unpaired) electrons. The third-order valence-electron chi connectivity index (χ3n) is 4.67. The number of aryl methyl sites for hydroxylation is 3. The molecule has 0 saturated heterocycles. The number of rotatable bonds is 8. The molecule has 2 aromatic carbocycles. The number of hydrogen-bond donors (Lipinski definition) is 1. The summed E-state index contributed by atoms with van der Waals surface area (Å²) in [6.45, 7) is 6.43. The molecule has 1 heteroatoms. The molecule has 0 aliphatic carbocycles. The zero-order valence-electron chi connectivity index (χ0n) is 14.8. The van der Waals surface area contributed by atoms with Crippen molar-refractivity contribution < 1.29 is 5.11 Å². The van der Waals surface area contributed by atoms with Gasteiger partial charge in [0.25, 0.3) is 0 Å². The van der Waals surface area contributed by atoms with E-state index in [2.05, 4.69) is 56.3 Å².